The molecule has 0 unspecified atom stereocenters. The van der Waals surface area contributed by atoms with E-state index in [1.165, 1.54) is 6.20 Å². The molecule has 0 radical (unpaired) electrons. The minimum atomic E-state index is 0.115. The van der Waals surface area contributed by atoms with Crippen LogP contribution in [0.1, 0.15) is 0 Å². The molecule has 0 spiro atoms. The van der Waals surface area contributed by atoms with E-state index >= 15 is 0 Å². The average Bonchev–Trinajstić information content (AvgIpc) is 2.48. The first-order valence-corrected chi connectivity index (χ1v) is 3.52. The molecule has 4 heteroatoms. The SMILES string of the molecule is COc1cccn2c(O)cnc12. The van der Waals surface area contributed by atoms with E-state index < -0.39 is 0 Å². The lowest BCUT2D eigenvalue weighted by molar-refractivity contribution is 0.414. The van der Waals surface area contributed by atoms with Gasteiger partial charge in [0.2, 0.25) is 5.88 Å². The topological polar surface area (TPSA) is 46.8 Å². The molecule has 0 amide bonds. The van der Waals surface area contributed by atoms with E-state index in [9.17, 15) is 5.11 Å². The number of methoxy groups -OCH3 is 1. The Kier molecular flexibility index (Phi) is 1.40. The Morgan fingerprint density at radius 2 is 2.42 bits per heavy atom. The van der Waals surface area contributed by atoms with Gasteiger partial charge in [-0.15, -0.1) is 0 Å². The summed E-state index contributed by atoms with van der Waals surface area (Å²) < 4.78 is 6.60. The number of ether oxygens (including phenoxy) is 1. The number of fused-ring (bicyclic) bond motifs is 1. The third-order valence-electron chi connectivity index (χ3n) is 1.70. The molecule has 2 rings (SSSR count). The van der Waals surface area contributed by atoms with Crippen LogP contribution in [0.25, 0.3) is 5.65 Å². The molecule has 2 heterocycles. The van der Waals surface area contributed by atoms with E-state index in [-0.39, 0.29) is 5.88 Å². The van der Waals surface area contributed by atoms with Gasteiger partial charge in [-0.2, -0.15) is 0 Å². The molecule has 0 saturated heterocycles. The highest BCUT2D eigenvalue weighted by atomic mass is 16.5. The highest BCUT2D eigenvalue weighted by molar-refractivity contribution is 5.55. The van der Waals surface area contributed by atoms with Crippen LogP contribution in [0, 0.1) is 0 Å². The van der Waals surface area contributed by atoms with Gasteiger partial charge in [0.05, 0.1) is 13.3 Å². The largest absolute Gasteiger partial charge is 0.493 e. The highest BCUT2D eigenvalue weighted by Crippen LogP contribution is 2.21. The molecule has 0 atom stereocenters. The molecule has 62 valence electrons. The third kappa shape index (κ3) is 0.812. The fourth-order valence-electron chi connectivity index (χ4n) is 1.13. The molecule has 0 saturated carbocycles. The summed E-state index contributed by atoms with van der Waals surface area (Å²) in [5.41, 5.74) is 0.623. The summed E-state index contributed by atoms with van der Waals surface area (Å²) in [6.45, 7) is 0. The Morgan fingerprint density at radius 3 is 3.17 bits per heavy atom. The molecule has 0 aliphatic heterocycles. The second-order valence-corrected chi connectivity index (χ2v) is 2.39. The average molecular weight is 164 g/mol. The van der Waals surface area contributed by atoms with Crippen molar-refractivity contribution in [1.82, 2.24) is 9.38 Å². The minimum Gasteiger partial charge on any atom is -0.493 e. The van der Waals surface area contributed by atoms with Crippen molar-refractivity contribution in [3.05, 3.63) is 24.5 Å². The summed E-state index contributed by atoms with van der Waals surface area (Å²) in [6, 6.07) is 3.58. The summed E-state index contributed by atoms with van der Waals surface area (Å²) in [5, 5.41) is 9.28. The third-order valence-corrected chi connectivity index (χ3v) is 1.70. The number of aromatic hydroxyl groups is 1. The van der Waals surface area contributed by atoms with Gasteiger partial charge in [-0.1, -0.05) is 0 Å². The van der Waals surface area contributed by atoms with Crippen molar-refractivity contribution in [2.75, 3.05) is 7.11 Å². The number of pyridine rings is 1. The van der Waals surface area contributed by atoms with Crippen molar-refractivity contribution in [1.29, 1.82) is 0 Å². The lowest BCUT2D eigenvalue weighted by atomic mass is 10.4. The van der Waals surface area contributed by atoms with E-state index in [1.807, 2.05) is 0 Å². The van der Waals surface area contributed by atoms with Crippen LogP contribution in [-0.2, 0) is 0 Å². The van der Waals surface area contributed by atoms with Gasteiger partial charge in [-0.05, 0) is 12.1 Å². The zero-order chi connectivity index (χ0) is 8.55. The Balaban J connectivity index is 2.81. The second-order valence-electron chi connectivity index (χ2n) is 2.39. The summed E-state index contributed by atoms with van der Waals surface area (Å²) in [4.78, 5) is 3.98. The van der Waals surface area contributed by atoms with Gasteiger partial charge < -0.3 is 9.84 Å². The molecule has 12 heavy (non-hydrogen) atoms. The van der Waals surface area contributed by atoms with Crippen molar-refractivity contribution < 1.29 is 9.84 Å². The van der Waals surface area contributed by atoms with Crippen LogP contribution < -0.4 is 4.74 Å². The van der Waals surface area contributed by atoms with Gasteiger partial charge in [0.1, 0.15) is 0 Å². The van der Waals surface area contributed by atoms with Crippen molar-refractivity contribution in [3.63, 3.8) is 0 Å². The summed E-state index contributed by atoms with van der Waals surface area (Å²) in [6.07, 6.45) is 3.11. The zero-order valence-corrected chi connectivity index (χ0v) is 6.56. The Labute approximate surface area is 69.0 Å². The number of rotatable bonds is 1. The number of imidazole rings is 1. The predicted octanol–water partition coefficient (Wildman–Crippen LogP) is 1.05. The normalized spacial score (nSPS) is 10.4. The molecule has 0 bridgehead atoms. The van der Waals surface area contributed by atoms with Crippen molar-refractivity contribution in [3.8, 4) is 11.6 Å². The predicted molar refractivity (Wildman–Crippen MR) is 43.4 cm³/mol. The van der Waals surface area contributed by atoms with Crippen molar-refractivity contribution in [2.45, 2.75) is 0 Å². The van der Waals surface area contributed by atoms with Crippen LogP contribution in [-0.4, -0.2) is 21.6 Å². The van der Waals surface area contributed by atoms with Gasteiger partial charge in [0.15, 0.2) is 11.4 Å². The minimum absolute atomic E-state index is 0.115. The van der Waals surface area contributed by atoms with Crippen LogP contribution in [0.3, 0.4) is 0 Å². The molecule has 1 N–H and O–H groups in total. The quantitative estimate of drug-likeness (QED) is 0.685. The van der Waals surface area contributed by atoms with Crippen LogP contribution in [0.4, 0.5) is 0 Å². The fourth-order valence-corrected chi connectivity index (χ4v) is 1.13. The van der Waals surface area contributed by atoms with Crippen LogP contribution in [0.2, 0.25) is 0 Å². The number of nitrogens with zero attached hydrogens (tertiary/aromatic N) is 2. The molecule has 0 fully saturated rings. The molecule has 0 aliphatic carbocycles. The molecule has 0 aromatic carbocycles. The maximum atomic E-state index is 9.28. The van der Waals surface area contributed by atoms with Gasteiger partial charge in [0, 0.05) is 6.20 Å². The van der Waals surface area contributed by atoms with Gasteiger partial charge in [-0.25, -0.2) is 4.98 Å². The standard InChI is InChI=1S/C8H8N2O2/c1-12-6-3-2-4-10-7(11)5-9-8(6)10/h2-5,11H,1H3. The molecule has 4 nitrogen and oxygen atoms in total. The first-order valence-electron chi connectivity index (χ1n) is 3.52. The van der Waals surface area contributed by atoms with E-state index in [0.717, 1.165) is 0 Å². The van der Waals surface area contributed by atoms with Crippen molar-refractivity contribution in [2.24, 2.45) is 0 Å². The first-order chi connectivity index (χ1) is 5.83. The summed E-state index contributed by atoms with van der Waals surface area (Å²) in [7, 11) is 1.57. The molecule has 2 aromatic heterocycles. The number of hydrogen-bond acceptors (Lipinski definition) is 3. The lowest BCUT2D eigenvalue weighted by Crippen LogP contribution is -1.89. The first kappa shape index (κ1) is 6.97. The van der Waals surface area contributed by atoms with E-state index in [4.69, 9.17) is 4.74 Å². The Hall–Kier alpha value is -1.71. The molecular formula is C8H8N2O2. The number of aromatic nitrogens is 2. The Morgan fingerprint density at radius 1 is 1.58 bits per heavy atom. The Bertz CT molecular complexity index is 408. The number of hydrogen-bond donors (Lipinski definition) is 1. The van der Waals surface area contributed by atoms with E-state index in [2.05, 4.69) is 4.98 Å². The zero-order valence-electron chi connectivity index (χ0n) is 6.56. The van der Waals surface area contributed by atoms with Gasteiger partial charge in [-0.3, -0.25) is 4.40 Å². The summed E-state index contributed by atoms with van der Waals surface area (Å²) >= 11 is 0. The molecule has 2 aromatic rings. The molecular weight excluding hydrogens is 156 g/mol. The van der Waals surface area contributed by atoms with Gasteiger partial charge in [0.25, 0.3) is 0 Å². The summed E-state index contributed by atoms with van der Waals surface area (Å²) in [5.74, 6) is 0.765. The van der Waals surface area contributed by atoms with Crippen molar-refractivity contribution >= 4 is 5.65 Å². The fraction of sp³-hybridized carbons (Fsp3) is 0.125. The second kappa shape index (κ2) is 2.41. The molecule has 0 aliphatic rings. The van der Waals surface area contributed by atoms with Crippen LogP contribution in [0.15, 0.2) is 24.5 Å². The maximum Gasteiger partial charge on any atom is 0.215 e. The lowest BCUT2D eigenvalue weighted by Gasteiger charge is -2.00. The van der Waals surface area contributed by atoms with Crippen LogP contribution >= 0.6 is 0 Å². The van der Waals surface area contributed by atoms with Gasteiger partial charge >= 0.3 is 0 Å². The monoisotopic (exact) mass is 164 g/mol. The smallest absolute Gasteiger partial charge is 0.215 e. The maximum absolute atomic E-state index is 9.28. The van der Waals surface area contributed by atoms with E-state index in [0.29, 0.717) is 11.4 Å². The van der Waals surface area contributed by atoms with Crippen LogP contribution in [0.5, 0.6) is 11.6 Å². The highest BCUT2D eigenvalue weighted by Gasteiger charge is 2.04. The van der Waals surface area contributed by atoms with E-state index in [1.54, 1.807) is 29.8 Å².